The Hall–Kier alpha value is -1.36. The Morgan fingerprint density at radius 2 is 2.00 bits per heavy atom. The van der Waals surface area contributed by atoms with E-state index in [4.69, 9.17) is 5.73 Å². The van der Waals surface area contributed by atoms with Gasteiger partial charge in [0.1, 0.15) is 5.69 Å². The molecule has 0 spiro atoms. The van der Waals surface area contributed by atoms with Gasteiger partial charge in [0.25, 0.3) is 5.91 Å². The van der Waals surface area contributed by atoms with Crippen molar-refractivity contribution < 1.29 is 4.79 Å². The number of hydrogen-bond donors (Lipinski definition) is 3. The molecule has 17 heavy (non-hydrogen) atoms. The van der Waals surface area contributed by atoms with Gasteiger partial charge in [0, 0.05) is 22.9 Å². The molecule has 1 aromatic heterocycles. The van der Waals surface area contributed by atoms with E-state index in [2.05, 4.69) is 43.0 Å². The number of nitrogens with one attached hydrogen (secondary N) is 2. The Morgan fingerprint density at radius 1 is 1.41 bits per heavy atom. The molecule has 0 unspecified atom stereocenters. The number of carbonyl (C=O) groups is 1. The van der Waals surface area contributed by atoms with Gasteiger partial charge in [-0.1, -0.05) is 27.7 Å². The van der Waals surface area contributed by atoms with Crippen molar-refractivity contribution in [1.82, 2.24) is 15.3 Å². The summed E-state index contributed by atoms with van der Waals surface area (Å²) in [6.07, 6.45) is 3.02. The highest BCUT2D eigenvalue weighted by atomic mass is 16.2. The van der Waals surface area contributed by atoms with Crippen molar-refractivity contribution >= 4 is 5.91 Å². The highest BCUT2D eigenvalue weighted by Gasteiger charge is 2.60. The number of imidazole rings is 1. The Labute approximate surface area is 101 Å². The van der Waals surface area contributed by atoms with E-state index in [-0.39, 0.29) is 28.8 Å². The number of aromatic nitrogens is 2. The average Bonchev–Trinajstić information content (AvgIpc) is 2.77. The smallest absolute Gasteiger partial charge is 0.269 e. The van der Waals surface area contributed by atoms with Gasteiger partial charge in [-0.2, -0.15) is 0 Å². The van der Waals surface area contributed by atoms with Gasteiger partial charge in [-0.05, 0) is 0 Å². The fraction of sp³-hybridized carbons (Fsp3) is 0.667. The van der Waals surface area contributed by atoms with Crippen molar-refractivity contribution in [3.8, 4) is 0 Å². The third-order valence-electron chi connectivity index (χ3n) is 4.11. The van der Waals surface area contributed by atoms with Crippen molar-refractivity contribution in [3.05, 3.63) is 18.2 Å². The summed E-state index contributed by atoms with van der Waals surface area (Å²) in [5, 5.41) is 3.04. The van der Waals surface area contributed by atoms with Crippen LogP contribution in [-0.2, 0) is 0 Å². The fourth-order valence-electron chi connectivity index (χ4n) is 3.14. The Kier molecular flexibility index (Phi) is 2.54. The standard InChI is InChI=1S/C12H20N4O/c1-11(2)9(13)12(3,4)10(11)16-8(17)7-5-14-6-15-7/h5-6,9-10H,13H2,1-4H3,(H,14,15)(H,16,17). The zero-order valence-electron chi connectivity index (χ0n) is 10.7. The van der Waals surface area contributed by atoms with Gasteiger partial charge in [0.05, 0.1) is 12.5 Å². The first-order chi connectivity index (χ1) is 7.78. The number of amides is 1. The largest absolute Gasteiger partial charge is 0.347 e. The van der Waals surface area contributed by atoms with Crippen LogP contribution in [0.15, 0.2) is 12.5 Å². The third kappa shape index (κ3) is 1.65. The zero-order valence-corrected chi connectivity index (χ0v) is 10.7. The summed E-state index contributed by atoms with van der Waals surface area (Å²) in [5.74, 6) is -0.124. The molecule has 1 heterocycles. The van der Waals surface area contributed by atoms with E-state index in [1.54, 1.807) is 0 Å². The highest BCUT2D eigenvalue weighted by molar-refractivity contribution is 5.92. The predicted molar refractivity (Wildman–Crippen MR) is 65.4 cm³/mol. The lowest BCUT2D eigenvalue weighted by Gasteiger charge is -2.62. The van der Waals surface area contributed by atoms with Crippen LogP contribution in [0.5, 0.6) is 0 Å². The van der Waals surface area contributed by atoms with E-state index in [0.717, 1.165) is 0 Å². The molecule has 0 saturated heterocycles. The van der Waals surface area contributed by atoms with E-state index in [1.165, 1.54) is 12.5 Å². The number of carbonyl (C=O) groups excluding carboxylic acids is 1. The molecule has 1 amide bonds. The second kappa shape index (κ2) is 3.57. The minimum Gasteiger partial charge on any atom is -0.347 e. The summed E-state index contributed by atoms with van der Waals surface area (Å²) in [7, 11) is 0. The molecule has 0 radical (unpaired) electrons. The Morgan fingerprint density at radius 3 is 2.47 bits per heavy atom. The topological polar surface area (TPSA) is 83.8 Å². The molecule has 1 aromatic rings. The molecule has 0 aliphatic heterocycles. The van der Waals surface area contributed by atoms with Crippen molar-refractivity contribution in [2.24, 2.45) is 16.6 Å². The molecule has 4 N–H and O–H groups in total. The molecule has 94 valence electrons. The minimum absolute atomic E-state index is 0.0702. The van der Waals surface area contributed by atoms with E-state index in [0.29, 0.717) is 5.69 Å². The van der Waals surface area contributed by atoms with Crippen LogP contribution >= 0.6 is 0 Å². The number of aromatic amines is 1. The molecule has 1 saturated carbocycles. The predicted octanol–water partition coefficient (Wildman–Crippen LogP) is 0.901. The van der Waals surface area contributed by atoms with Crippen LogP contribution in [0.3, 0.4) is 0 Å². The molecule has 0 aromatic carbocycles. The number of nitrogens with two attached hydrogens (primary N) is 1. The Balaban J connectivity index is 2.12. The summed E-state index contributed by atoms with van der Waals surface area (Å²) in [5.41, 5.74) is 6.46. The van der Waals surface area contributed by atoms with Crippen LogP contribution in [0.2, 0.25) is 0 Å². The normalized spacial score (nSPS) is 29.5. The van der Waals surface area contributed by atoms with Gasteiger partial charge in [-0.15, -0.1) is 0 Å². The van der Waals surface area contributed by atoms with Crippen molar-refractivity contribution in [3.63, 3.8) is 0 Å². The van der Waals surface area contributed by atoms with Crippen LogP contribution in [-0.4, -0.2) is 28.0 Å². The Bertz CT molecular complexity index is 406. The summed E-state index contributed by atoms with van der Waals surface area (Å²) in [6.45, 7) is 8.34. The van der Waals surface area contributed by atoms with E-state index in [9.17, 15) is 4.79 Å². The van der Waals surface area contributed by atoms with E-state index in [1.807, 2.05) is 0 Å². The van der Waals surface area contributed by atoms with Crippen LogP contribution in [0.25, 0.3) is 0 Å². The van der Waals surface area contributed by atoms with Crippen LogP contribution in [0, 0.1) is 10.8 Å². The maximum absolute atomic E-state index is 12.0. The second-order valence-electron chi connectivity index (χ2n) is 5.99. The molecular formula is C12H20N4O. The maximum Gasteiger partial charge on any atom is 0.269 e. The molecule has 1 aliphatic rings. The first-order valence-corrected chi connectivity index (χ1v) is 5.82. The molecule has 0 bridgehead atoms. The molecule has 2 rings (SSSR count). The SMILES string of the molecule is CC1(C)C(N)C(C)(C)C1NC(=O)c1cnc[nH]1. The van der Waals surface area contributed by atoms with E-state index >= 15 is 0 Å². The van der Waals surface area contributed by atoms with Crippen molar-refractivity contribution in [1.29, 1.82) is 0 Å². The van der Waals surface area contributed by atoms with Gasteiger partial charge in [0.15, 0.2) is 0 Å². The number of rotatable bonds is 2. The molecule has 5 heteroatoms. The van der Waals surface area contributed by atoms with Crippen LogP contribution < -0.4 is 11.1 Å². The first kappa shape index (κ1) is 12.1. The zero-order chi connectivity index (χ0) is 12.8. The van der Waals surface area contributed by atoms with Gasteiger partial charge in [-0.3, -0.25) is 4.79 Å². The highest BCUT2D eigenvalue weighted by Crippen LogP contribution is 2.52. The molecule has 0 atom stereocenters. The molecule has 5 nitrogen and oxygen atoms in total. The lowest BCUT2D eigenvalue weighted by molar-refractivity contribution is -0.0664. The van der Waals surface area contributed by atoms with E-state index < -0.39 is 0 Å². The quantitative estimate of drug-likeness (QED) is 0.713. The van der Waals surface area contributed by atoms with Gasteiger partial charge >= 0.3 is 0 Å². The maximum atomic E-state index is 12.0. The lowest BCUT2D eigenvalue weighted by atomic mass is 9.48. The summed E-state index contributed by atoms with van der Waals surface area (Å²) in [4.78, 5) is 18.6. The number of H-pyrrole nitrogens is 1. The monoisotopic (exact) mass is 236 g/mol. The molecule has 1 fully saturated rings. The number of hydrogen-bond acceptors (Lipinski definition) is 3. The van der Waals surface area contributed by atoms with Crippen LogP contribution in [0.1, 0.15) is 38.2 Å². The minimum atomic E-state index is -0.124. The third-order valence-corrected chi connectivity index (χ3v) is 4.11. The van der Waals surface area contributed by atoms with Gasteiger partial charge in [0.2, 0.25) is 0 Å². The summed E-state index contributed by atoms with van der Waals surface area (Å²) >= 11 is 0. The van der Waals surface area contributed by atoms with Crippen molar-refractivity contribution in [2.75, 3.05) is 0 Å². The first-order valence-electron chi connectivity index (χ1n) is 5.82. The van der Waals surface area contributed by atoms with Crippen LogP contribution in [0.4, 0.5) is 0 Å². The fourth-order valence-corrected chi connectivity index (χ4v) is 3.14. The molecular weight excluding hydrogens is 216 g/mol. The number of nitrogens with zero attached hydrogens (tertiary/aromatic N) is 1. The van der Waals surface area contributed by atoms with Gasteiger partial charge < -0.3 is 16.0 Å². The lowest BCUT2D eigenvalue weighted by Crippen LogP contribution is -2.76. The summed E-state index contributed by atoms with van der Waals surface area (Å²) in [6, 6.07) is 0.155. The summed E-state index contributed by atoms with van der Waals surface area (Å²) < 4.78 is 0. The average molecular weight is 236 g/mol. The molecule has 1 aliphatic carbocycles. The van der Waals surface area contributed by atoms with Gasteiger partial charge in [-0.25, -0.2) is 4.98 Å². The van der Waals surface area contributed by atoms with Crippen molar-refractivity contribution in [2.45, 2.75) is 39.8 Å². The second-order valence-corrected chi connectivity index (χ2v) is 5.99.